The molecule has 0 saturated carbocycles. The van der Waals surface area contributed by atoms with Crippen LogP contribution in [0.15, 0.2) is 17.5 Å². The molecule has 0 amide bonds. The van der Waals surface area contributed by atoms with Crippen molar-refractivity contribution in [3.63, 3.8) is 0 Å². The Bertz CT molecular complexity index is 407. The van der Waals surface area contributed by atoms with E-state index < -0.39 is 0 Å². The lowest BCUT2D eigenvalue weighted by atomic mass is 10.1. The second-order valence-corrected chi connectivity index (χ2v) is 4.27. The number of hydrogen-bond donors (Lipinski definition) is 2. The minimum absolute atomic E-state index is 0.0132. The van der Waals surface area contributed by atoms with Crippen LogP contribution in [-0.2, 0) is 0 Å². The van der Waals surface area contributed by atoms with Gasteiger partial charge >= 0.3 is 0 Å². The van der Waals surface area contributed by atoms with Crippen molar-refractivity contribution in [3.8, 4) is 0 Å². The van der Waals surface area contributed by atoms with Crippen molar-refractivity contribution < 1.29 is 5.21 Å². The Labute approximate surface area is 108 Å². The number of aromatic nitrogens is 2. The van der Waals surface area contributed by atoms with Crippen LogP contribution in [0.4, 0.5) is 5.82 Å². The van der Waals surface area contributed by atoms with Crippen molar-refractivity contribution in [2.24, 2.45) is 16.8 Å². The number of anilines is 1. The van der Waals surface area contributed by atoms with Crippen LogP contribution in [-0.4, -0.2) is 34.1 Å². The van der Waals surface area contributed by atoms with Gasteiger partial charge in [-0.2, -0.15) is 0 Å². The summed E-state index contributed by atoms with van der Waals surface area (Å²) in [6.07, 6.45) is 4.24. The Kier molecular flexibility index (Phi) is 5.35. The molecular formula is C12H21N5O. The summed E-state index contributed by atoms with van der Waals surface area (Å²) in [4.78, 5) is 10.5. The van der Waals surface area contributed by atoms with Crippen molar-refractivity contribution in [1.29, 1.82) is 0 Å². The van der Waals surface area contributed by atoms with Crippen LogP contribution in [0.1, 0.15) is 32.9 Å². The zero-order valence-corrected chi connectivity index (χ0v) is 11.2. The van der Waals surface area contributed by atoms with E-state index in [1.54, 1.807) is 6.20 Å². The summed E-state index contributed by atoms with van der Waals surface area (Å²) < 4.78 is 0. The molecule has 0 aliphatic carbocycles. The average Bonchev–Trinajstić information content (AvgIpc) is 2.43. The van der Waals surface area contributed by atoms with Crippen molar-refractivity contribution in [1.82, 2.24) is 9.97 Å². The monoisotopic (exact) mass is 251 g/mol. The molecule has 1 heterocycles. The molecule has 18 heavy (non-hydrogen) atoms. The van der Waals surface area contributed by atoms with Crippen molar-refractivity contribution in [3.05, 3.63) is 18.1 Å². The maximum absolute atomic E-state index is 8.77. The molecule has 0 spiro atoms. The Balaban J connectivity index is 3.05. The van der Waals surface area contributed by atoms with Gasteiger partial charge in [0.2, 0.25) is 0 Å². The number of oxime groups is 1. The Morgan fingerprint density at radius 3 is 2.67 bits per heavy atom. The number of nitrogens with zero attached hydrogens (tertiary/aromatic N) is 4. The Morgan fingerprint density at radius 1 is 1.44 bits per heavy atom. The largest absolute Gasteiger partial charge is 0.409 e. The van der Waals surface area contributed by atoms with Gasteiger partial charge in [-0.25, -0.2) is 9.97 Å². The predicted octanol–water partition coefficient (Wildman–Crippen LogP) is 1.44. The summed E-state index contributed by atoms with van der Waals surface area (Å²) in [5.74, 6) is 1.20. The third kappa shape index (κ3) is 3.32. The first-order valence-corrected chi connectivity index (χ1v) is 6.17. The van der Waals surface area contributed by atoms with Crippen LogP contribution in [0, 0.1) is 5.92 Å². The SMILES string of the molecule is CCC(C)CN(CC)c1nccnc1C(N)=NO. The fourth-order valence-electron chi connectivity index (χ4n) is 1.66. The van der Waals surface area contributed by atoms with Crippen molar-refractivity contribution >= 4 is 11.7 Å². The zero-order valence-electron chi connectivity index (χ0n) is 11.2. The lowest BCUT2D eigenvalue weighted by Gasteiger charge is -2.26. The standard InChI is InChI=1S/C12H21N5O/c1-4-9(3)8-17(5-2)12-10(11(13)16-18)14-6-7-15-12/h6-7,9,18H,4-5,8H2,1-3H3,(H2,13,16). The highest BCUT2D eigenvalue weighted by atomic mass is 16.4. The van der Waals surface area contributed by atoms with Gasteiger partial charge in [0.1, 0.15) is 0 Å². The molecule has 6 nitrogen and oxygen atoms in total. The Morgan fingerprint density at radius 2 is 2.11 bits per heavy atom. The highest BCUT2D eigenvalue weighted by molar-refractivity contribution is 5.99. The molecular weight excluding hydrogens is 230 g/mol. The molecule has 0 fully saturated rings. The van der Waals surface area contributed by atoms with Crippen LogP contribution >= 0.6 is 0 Å². The highest BCUT2D eigenvalue weighted by Crippen LogP contribution is 2.17. The lowest BCUT2D eigenvalue weighted by Crippen LogP contribution is -2.32. The normalized spacial score (nSPS) is 13.4. The number of rotatable bonds is 6. The second-order valence-electron chi connectivity index (χ2n) is 4.27. The molecule has 1 unspecified atom stereocenters. The van der Waals surface area contributed by atoms with Gasteiger partial charge in [-0.1, -0.05) is 25.4 Å². The fraction of sp³-hybridized carbons (Fsp3) is 0.583. The van der Waals surface area contributed by atoms with E-state index >= 15 is 0 Å². The molecule has 0 aliphatic heterocycles. The topological polar surface area (TPSA) is 87.6 Å². The second kappa shape index (κ2) is 6.78. The lowest BCUT2D eigenvalue weighted by molar-refractivity contribution is 0.318. The van der Waals surface area contributed by atoms with Crippen LogP contribution in [0.3, 0.4) is 0 Å². The average molecular weight is 251 g/mol. The smallest absolute Gasteiger partial charge is 0.192 e. The molecule has 6 heteroatoms. The minimum atomic E-state index is -0.0132. The van der Waals surface area contributed by atoms with E-state index in [2.05, 4.69) is 33.9 Å². The fourth-order valence-corrected chi connectivity index (χ4v) is 1.66. The van der Waals surface area contributed by atoms with Gasteiger partial charge in [-0.3, -0.25) is 0 Å². The van der Waals surface area contributed by atoms with Crippen LogP contribution < -0.4 is 10.6 Å². The third-order valence-electron chi connectivity index (χ3n) is 2.94. The molecule has 3 N–H and O–H groups in total. The van der Waals surface area contributed by atoms with Gasteiger partial charge in [0.25, 0.3) is 0 Å². The van der Waals surface area contributed by atoms with E-state index in [-0.39, 0.29) is 5.84 Å². The summed E-state index contributed by atoms with van der Waals surface area (Å²) in [6, 6.07) is 0. The molecule has 0 saturated heterocycles. The summed E-state index contributed by atoms with van der Waals surface area (Å²) in [5, 5.41) is 11.8. The maximum atomic E-state index is 8.77. The maximum Gasteiger partial charge on any atom is 0.192 e. The number of nitrogens with two attached hydrogens (primary N) is 1. The summed E-state index contributed by atoms with van der Waals surface area (Å²) >= 11 is 0. The van der Waals surface area contributed by atoms with E-state index in [4.69, 9.17) is 10.9 Å². The molecule has 0 aromatic carbocycles. The highest BCUT2D eigenvalue weighted by Gasteiger charge is 2.17. The molecule has 0 radical (unpaired) electrons. The summed E-state index contributed by atoms with van der Waals surface area (Å²) in [5.41, 5.74) is 6.04. The van der Waals surface area contributed by atoms with Gasteiger partial charge in [0, 0.05) is 25.5 Å². The molecule has 0 bridgehead atoms. The van der Waals surface area contributed by atoms with Crippen molar-refractivity contribution in [2.45, 2.75) is 27.2 Å². The molecule has 100 valence electrons. The third-order valence-corrected chi connectivity index (χ3v) is 2.94. The zero-order chi connectivity index (χ0) is 13.5. The molecule has 1 aromatic heterocycles. The van der Waals surface area contributed by atoms with Crippen LogP contribution in [0.5, 0.6) is 0 Å². The molecule has 1 rings (SSSR count). The quantitative estimate of drug-likeness (QED) is 0.346. The van der Waals surface area contributed by atoms with Crippen LogP contribution in [0.25, 0.3) is 0 Å². The van der Waals surface area contributed by atoms with Gasteiger partial charge in [-0.05, 0) is 12.8 Å². The first-order valence-electron chi connectivity index (χ1n) is 6.17. The first-order chi connectivity index (χ1) is 8.63. The molecule has 0 aliphatic rings. The first kappa shape index (κ1) is 14.2. The summed E-state index contributed by atoms with van der Waals surface area (Å²) in [6.45, 7) is 8.06. The molecule has 1 aromatic rings. The van der Waals surface area contributed by atoms with E-state index in [0.29, 0.717) is 17.4 Å². The van der Waals surface area contributed by atoms with Crippen molar-refractivity contribution in [2.75, 3.05) is 18.0 Å². The predicted molar refractivity (Wildman–Crippen MR) is 71.9 cm³/mol. The minimum Gasteiger partial charge on any atom is -0.409 e. The van der Waals surface area contributed by atoms with E-state index in [1.165, 1.54) is 6.20 Å². The van der Waals surface area contributed by atoms with E-state index in [1.807, 2.05) is 6.92 Å². The molecule has 1 atom stereocenters. The van der Waals surface area contributed by atoms with E-state index in [9.17, 15) is 0 Å². The number of hydrogen-bond acceptors (Lipinski definition) is 5. The van der Waals surface area contributed by atoms with Crippen LogP contribution in [0.2, 0.25) is 0 Å². The Hall–Kier alpha value is -1.85. The number of amidine groups is 1. The van der Waals surface area contributed by atoms with Gasteiger partial charge in [0.15, 0.2) is 17.3 Å². The van der Waals surface area contributed by atoms with Gasteiger partial charge in [-0.15, -0.1) is 0 Å². The summed E-state index contributed by atoms with van der Waals surface area (Å²) in [7, 11) is 0. The van der Waals surface area contributed by atoms with Gasteiger partial charge in [0.05, 0.1) is 0 Å². The van der Waals surface area contributed by atoms with E-state index in [0.717, 1.165) is 19.5 Å². The van der Waals surface area contributed by atoms with Gasteiger partial charge < -0.3 is 15.8 Å².